The molecule has 0 saturated heterocycles. The zero-order valence-corrected chi connectivity index (χ0v) is 18.1. The minimum absolute atomic E-state index is 0.0475. The molecule has 8 nitrogen and oxygen atoms in total. The fourth-order valence-corrected chi connectivity index (χ4v) is 4.76. The van der Waals surface area contributed by atoms with Crippen LogP contribution in [0, 0.1) is 11.3 Å². The van der Waals surface area contributed by atoms with E-state index in [1.165, 1.54) is 33.5 Å². The van der Waals surface area contributed by atoms with Crippen molar-refractivity contribution in [3.8, 4) is 17.2 Å². The van der Waals surface area contributed by atoms with Crippen LogP contribution in [0.4, 0.5) is 0 Å². The van der Waals surface area contributed by atoms with Crippen molar-refractivity contribution in [2.24, 2.45) is 11.3 Å². The van der Waals surface area contributed by atoms with Crippen molar-refractivity contribution < 1.29 is 38.1 Å². The van der Waals surface area contributed by atoms with E-state index in [0.717, 1.165) is 0 Å². The summed E-state index contributed by atoms with van der Waals surface area (Å²) in [5.74, 6) is -4.08. The van der Waals surface area contributed by atoms with Crippen molar-refractivity contribution in [2.45, 2.75) is 12.8 Å². The van der Waals surface area contributed by atoms with Crippen LogP contribution in [0.15, 0.2) is 36.4 Å². The predicted octanol–water partition coefficient (Wildman–Crippen LogP) is 2.62. The molecule has 4 rings (SSSR count). The second-order valence-electron chi connectivity index (χ2n) is 7.57. The average Bonchev–Trinajstić information content (AvgIpc) is 3.52. The van der Waals surface area contributed by atoms with Gasteiger partial charge in [-0.15, -0.1) is 0 Å². The lowest BCUT2D eigenvalue weighted by Gasteiger charge is -2.22. The van der Waals surface area contributed by atoms with E-state index in [4.69, 9.17) is 18.9 Å². The third-order valence-electron chi connectivity index (χ3n) is 6.17. The summed E-state index contributed by atoms with van der Waals surface area (Å²) in [6.07, 6.45) is 0. The van der Waals surface area contributed by atoms with Crippen LogP contribution in [0.1, 0.15) is 39.1 Å². The number of fused-ring (bicyclic) bond motifs is 1. The minimum atomic E-state index is -1.86. The fourth-order valence-electron chi connectivity index (χ4n) is 4.76. The van der Waals surface area contributed by atoms with Gasteiger partial charge in [0, 0.05) is 17.0 Å². The molecule has 2 aliphatic rings. The molecule has 0 aromatic heterocycles. The van der Waals surface area contributed by atoms with Gasteiger partial charge in [0.25, 0.3) is 0 Å². The van der Waals surface area contributed by atoms with Crippen LogP contribution in [0.3, 0.4) is 0 Å². The molecule has 2 aromatic rings. The molecule has 3 atom stereocenters. The summed E-state index contributed by atoms with van der Waals surface area (Å²) in [4.78, 5) is 52.8. The first kappa shape index (κ1) is 21.5. The molecule has 32 heavy (non-hydrogen) atoms. The largest absolute Gasteiger partial charge is 0.493 e. The molecule has 0 amide bonds. The average molecular weight is 438 g/mol. The molecule has 2 aromatic carbocycles. The molecule has 1 saturated carbocycles. The van der Waals surface area contributed by atoms with Crippen LogP contribution in [-0.2, 0) is 14.3 Å². The van der Waals surface area contributed by atoms with E-state index in [2.05, 4.69) is 0 Å². The van der Waals surface area contributed by atoms with Gasteiger partial charge in [0.2, 0.25) is 17.3 Å². The molecule has 8 heteroatoms. The molecule has 0 heterocycles. The molecule has 1 fully saturated rings. The maximum absolute atomic E-state index is 13.6. The van der Waals surface area contributed by atoms with E-state index in [-0.39, 0.29) is 17.7 Å². The number of methoxy groups -OCH3 is 3. The van der Waals surface area contributed by atoms with Gasteiger partial charge in [-0.05, 0) is 24.6 Å². The summed E-state index contributed by atoms with van der Waals surface area (Å²) < 4.78 is 21.3. The number of ether oxygens (including phenoxy) is 4. The lowest BCUT2D eigenvalue weighted by atomic mass is 9.75. The number of rotatable bonds is 6. The maximum atomic E-state index is 13.6. The number of esters is 1. The number of carbonyl (C=O) groups excluding carboxylic acids is 4. The first-order valence-corrected chi connectivity index (χ1v) is 10.1. The van der Waals surface area contributed by atoms with Gasteiger partial charge in [-0.2, -0.15) is 0 Å². The van der Waals surface area contributed by atoms with Crippen LogP contribution in [0.2, 0.25) is 0 Å². The lowest BCUT2D eigenvalue weighted by Crippen LogP contribution is -2.41. The second-order valence-corrected chi connectivity index (χ2v) is 7.57. The smallest absolute Gasteiger partial charge is 0.311 e. The third-order valence-corrected chi connectivity index (χ3v) is 6.17. The Morgan fingerprint density at radius 3 is 2.03 bits per heavy atom. The summed E-state index contributed by atoms with van der Waals surface area (Å²) in [5.41, 5.74) is -1.25. The lowest BCUT2D eigenvalue weighted by molar-refractivity contribution is -0.146. The Balaban J connectivity index is 1.93. The van der Waals surface area contributed by atoms with E-state index in [0.29, 0.717) is 22.8 Å². The normalized spacial score (nSPS) is 23.6. The molecule has 2 aliphatic carbocycles. The number of hydrogen-bond donors (Lipinski definition) is 0. The quantitative estimate of drug-likeness (QED) is 0.385. The van der Waals surface area contributed by atoms with Crippen LogP contribution < -0.4 is 14.2 Å². The monoisotopic (exact) mass is 438 g/mol. The van der Waals surface area contributed by atoms with E-state index in [1.54, 1.807) is 31.2 Å². The van der Waals surface area contributed by atoms with Crippen molar-refractivity contribution >= 4 is 23.3 Å². The second kappa shape index (κ2) is 7.78. The van der Waals surface area contributed by atoms with Crippen molar-refractivity contribution in [1.29, 1.82) is 0 Å². The zero-order valence-electron chi connectivity index (χ0n) is 18.1. The number of Topliss-reactive ketones (excluding diaryl/α,β-unsaturated/α-hetero) is 3. The first-order chi connectivity index (χ1) is 15.4. The maximum Gasteiger partial charge on any atom is 0.311 e. The SMILES string of the molecule is CCOC(=O)C1C(c2cc(OC)c(OC)c(OC)c2)C12C(=O)C(=O)c1ccccc1C2=O. The third kappa shape index (κ3) is 2.75. The molecule has 166 valence electrons. The van der Waals surface area contributed by atoms with Gasteiger partial charge >= 0.3 is 5.97 Å². The Kier molecular flexibility index (Phi) is 5.24. The summed E-state index contributed by atoms with van der Waals surface area (Å²) in [6.45, 7) is 1.70. The molecule has 3 unspecified atom stereocenters. The van der Waals surface area contributed by atoms with E-state index >= 15 is 0 Å². The predicted molar refractivity (Wildman–Crippen MR) is 112 cm³/mol. The Labute approximate surface area is 184 Å². The molecule has 0 radical (unpaired) electrons. The summed E-state index contributed by atoms with van der Waals surface area (Å²) in [6, 6.07) is 9.30. The number of carbonyl (C=O) groups is 4. The van der Waals surface area contributed by atoms with Gasteiger partial charge in [-0.3, -0.25) is 19.2 Å². The zero-order chi connectivity index (χ0) is 23.2. The topological polar surface area (TPSA) is 105 Å². The van der Waals surface area contributed by atoms with Crippen LogP contribution in [-0.4, -0.2) is 51.3 Å². The number of ketones is 3. The summed E-state index contributed by atoms with van der Waals surface area (Å²) in [5, 5.41) is 0. The van der Waals surface area contributed by atoms with Gasteiger partial charge in [-0.1, -0.05) is 24.3 Å². The molecule has 1 spiro atoms. The van der Waals surface area contributed by atoms with E-state index in [1.807, 2.05) is 0 Å². The van der Waals surface area contributed by atoms with Crippen molar-refractivity contribution in [2.75, 3.05) is 27.9 Å². The minimum Gasteiger partial charge on any atom is -0.493 e. The Morgan fingerprint density at radius 2 is 1.50 bits per heavy atom. The molecule has 0 N–H and O–H groups in total. The van der Waals surface area contributed by atoms with Crippen molar-refractivity contribution in [1.82, 2.24) is 0 Å². The van der Waals surface area contributed by atoms with Crippen LogP contribution in [0.5, 0.6) is 17.2 Å². The highest BCUT2D eigenvalue weighted by Gasteiger charge is 2.80. The Morgan fingerprint density at radius 1 is 0.906 bits per heavy atom. The molecular formula is C24H22O8. The molecule has 0 bridgehead atoms. The summed E-state index contributed by atoms with van der Waals surface area (Å²) >= 11 is 0. The van der Waals surface area contributed by atoms with E-state index in [9.17, 15) is 19.2 Å². The standard InChI is InChI=1S/C24H22O8/c1-5-32-23(28)18-17(12-10-15(29-2)20(31-4)16(11-12)30-3)24(18)21(26)14-9-7-6-8-13(14)19(25)22(24)27/h6-11,17-18H,5H2,1-4H3. The van der Waals surface area contributed by atoms with Crippen molar-refractivity contribution in [3.63, 3.8) is 0 Å². The Hall–Kier alpha value is -3.68. The molecular weight excluding hydrogens is 416 g/mol. The highest BCUT2D eigenvalue weighted by molar-refractivity contribution is 6.55. The fraction of sp³-hybridized carbons (Fsp3) is 0.333. The Bertz CT molecular complexity index is 1130. The highest BCUT2D eigenvalue weighted by Crippen LogP contribution is 2.69. The number of benzene rings is 2. The van der Waals surface area contributed by atoms with Crippen molar-refractivity contribution in [3.05, 3.63) is 53.1 Å². The molecule has 0 aliphatic heterocycles. The van der Waals surface area contributed by atoms with Crippen LogP contribution >= 0.6 is 0 Å². The first-order valence-electron chi connectivity index (χ1n) is 10.1. The van der Waals surface area contributed by atoms with Gasteiger partial charge in [0.15, 0.2) is 17.3 Å². The van der Waals surface area contributed by atoms with Gasteiger partial charge in [0.05, 0.1) is 33.9 Å². The van der Waals surface area contributed by atoms with Crippen LogP contribution in [0.25, 0.3) is 0 Å². The van der Waals surface area contributed by atoms with Gasteiger partial charge in [-0.25, -0.2) is 0 Å². The van der Waals surface area contributed by atoms with E-state index < -0.39 is 40.6 Å². The van der Waals surface area contributed by atoms with Gasteiger partial charge in [0.1, 0.15) is 5.41 Å². The highest BCUT2D eigenvalue weighted by atomic mass is 16.5. The number of hydrogen-bond acceptors (Lipinski definition) is 8. The van der Waals surface area contributed by atoms with Gasteiger partial charge < -0.3 is 18.9 Å². The summed E-state index contributed by atoms with van der Waals surface area (Å²) in [7, 11) is 4.32.